The molecule has 0 unspecified atom stereocenters. The maximum atomic E-state index is 2.51. The molecule has 1 N–H and O–H groups in total. The molecule has 0 aromatic carbocycles. The quantitative estimate of drug-likeness (QED) is 0.507. The van der Waals surface area contributed by atoms with Crippen LogP contribution in [0.4, 0.5) is 0 Å². The van der Waals surface area contributed by atoms with Crippen LogP contribution in [-0.4, -0.2) is 5.48 Å². The van der Waals surface area contributed by atoms with Crippen LogP contribution in [0.2, 0.25) is 0 Å². The van der Waals surface area contributed by atoms with E-state index in [0.717, 1.165) is 11.8 Å². The summed E-state index contributed by atoms with van der Waals surface area (Å²) >= 11 is 0. The average molecular weight is 168 g/mol. The molecule has 0 aliphatic heterocycles. The first-order chi connectivity index (χ1) is 3.45. The molecule has 2 aliphatic carbocycles. The van der Waals surface area contributed by atoms with Gasteiger partial charge in [-0.3, -0.25) is 0 Å². The van der Waals surface area contributed by atoms with E-state index in [0.29, 0.717) is 0 Å². The van der Waals surface area contributed by atoms with E-state index in [4.69, 9.17) is 0 Å². The Hall–Kier alpha value is 0.479. The normalized spacial score (nSPS) is 37.3. The molecule has 0 aromatic rings. The van der Waals surface area contributed by atoms with Gasteiger partial charge in [0.25, 0.3) is 0 Å². The Balaban J connectivity index is 0.000000320. The van der Waals surface area contributed by atoms with Gasteiger partial charge in [0.15, 0.2) is 0 Å². The van der Waals surface area contributed by atoms with Gasteiger partial charge in [-0.2, -0.15) is 0 Å². The van der Waals surface area contributed by atoms with Gasteiger partial charge in [-0.25, -0.2) is 0 Å². The van der Waals surface area contributed by atoms with Crippen LogP contribution in [0.1, 0.15) is 25.7 Å². The number of rotatable bonds is 0. The van der Waals surface area contributed by atoms with E-state index in [9.17, 15) is 0 Å². The molecule has 2 atom stereocenters. The summed E-state index contributed by atoms with van der Waals surface area (Å²) in [6, 6.07) is 0. The molecule has 2 aliphatic rings. The van der Waals surface area contributed by atoms with E-state index in [1.54, 1.807) is 0 Å². The topological polar surface area (TPSA) is 30.0 Å². The van der Waals surface area contributed by atoms with Crippen molar-refractivity contribution in [1.82, 2.24) is 0 Å². The Labute approximate surface area is 67.0 Å². The summed E-state index contributed by atoms with van der Waals surface area (Å²) in [5.41, 5.74) is 0. The third-order valence-electron chi connectivity index (χ3n) is 2.38. The van der Waals surface area contributed by atoms with Crippen molar-refractivity contribution in [1.29, 1.82) is 0 Å². The van der Waals surface area contributed by atoms with Gasteiger partial charge >= 0.3 is 0 Å². The van der Waals surface area contributed by atoms with Crippen LogP contribution in [-0.2, 0) is 17.1 Å². The molecule has 2 fully saturated rings. The monoisotopic (exact) mass is 168 g/mol. The van der Waals surface area contributed by atoms with Gasteiger partial charge in [-0.05, 0) is 37.5 Å². The third kappa shape index (κ3) is 1.70. The molecular formula is C7H12FeO-. The summed E-state index contributed by atoms with van der Waals surface area (Å²) in [5, 5.41) is 0. The number of hydrogen-bond acceptors (Lipinski definition) is 1. The van der Waals surface area contributed by atoms with Crippen LogP contribution in [0.3, 0.4) is 0 Å². The van der Waals surface area contributed by atoms with Gasteiger partial charge in [-0.15, -0.1) is 0 Å². The summed E-state index contributed by atoms with van der Waals surface area (Å²) in [5.74, 6) is 2.16. The Bertz CT molecular complexity index is 67.0. The summed E-state index contributed by atoms with van der Waals surface area (Å²) in [4.78, 5) is 0. The molecule has 0 aromatic heterocycles. The predicted molar refractivity (Wildman–Crippen MR) is 31.7 cm³/mol. The van der Waals surface area contributed by atoms with E-state index >= 15 is 0 Å². The molecule has 0 amide bonds. The Morgan fingerprint density at radius 2 is 2.00 bits per heavy atom. The molecule has 2 bridgehead atoms. The fraction of sp³-hybridized carbons (Fsp3) is 0.857. The van der Waals surface area contributed by atoms with Gasteiger partial charge in [0.1, 0.15) is 0 Å². The smallest absolute Gasteiger partial charge is 0 e. The van der Waals surface area contributed by atoms with Crippen LogP contribution in [0.5, 0.6) is 0 Å². The fourth-order valence-electron chi connectivity index (χ4n) is 1.93. The maximum Gasteiger partial charge on any atom is 0 e. The van der Waals surface area contributed by atoms with E-state index < -0.39 is 0 Å². The van der Waals surface area contributed by atoms with Crippen molar-refractivity contribution < 1.29 is 22.5 Å². The van der Waals surface area contributed by atoms with Crippen molar-refractivity contribution >= 4 is 0 Å². The van der Waals surface area contributed by atoms with Crippen LogP contribution >= 0.6 is 0 Å². The third-order valence-corrected chi connectivity index (χ3v) is 2.38. The maximum absolute atomic E-state index is 2.51. The van der Waals surface area contributed by atoms with Gasteiger partial charge < -0.3 is 5.48 Å². The second-order valence-electron chi connectivity index (χ2n) is 2.91. The van der Waals surface area contributed by atoms with Crippen molar-refractivity contribution in [2.75, 3.05) is 0 Å². The zero-order valence-electron chi connectivity index (χ0n) is 5.36. The molecule has 55 valence electrons. The summed E-state index contributed by atoms with van der Waals surface area (Å²) in [6.07, 6.45) is 8.50. The molecular weight excluding hydrogens is 156 g/mol. The summed E-state index contributed by atoms with van der Waals surface area (Å²) in [7, 11) is 0. The van der Waals surface area contributed by atoms with E-state index in [1.807, 2.05) is 0 Å². The van der Waals surface area contributed by atoms with Crippen molar-refractivity contribution in [3.63, 3.8) is 0 Å². The SMILES string of the molecule is [CH]1C[C@@H]2CC[C@H]1C2.[Fe].[OH-]. The van der Waals surface area contributed by atoms with Gasteiger partial charge in [0.2, 0.25) is 0 Å². The molecule has 1 nitrogen and oxygen atoms in total. The first-order valence-corrected chi connectivity index (χ1v) is 3.28. The van der Waals surface area contributed by atoms with Crippen LogP contribution in [0.15, 0.2) is 0 Å². The van der Waals surface area contributed by atoms with Gasteiger partial charge in [0, 0.05) is 17.1 Å². The molecule has 0 spiro atoms. The number of fused-ring (bicyclic) bond motifs is 2. The van der Waals surface area contributed by atoms with Crippen LogP contribution in [0, 0.1) is 18.3 Å². The average Bonchev–Trinajstić information content (AvgIpc) is 2.22. The Morgan fingerprint density at radius 3 is 2.11 bits per heavy atom. The number of hydrogen-bond donors (Lipinski definition) is 0. The minimum absolute atomic E-state index is 0. The van der Waals surface area contributed by atoms with Gasteiger partial charge in [0.05, 0.1) is 0 Å². The van der Waals surface area contributed by atoms with E-state index in [1.165, 1.54) is 25.7 Å². The fourth-order valence-corrected chi connectivity index (χ4v) is 1.93. The predicted octanol–water partition coefficient (Wildman–Crippen LogP) is 1.83. The minimum atomic E-state index is 0. The summed E-state index contributed by atoms with van der Waals surface area (Å²) in [6.45, 7) is 0. The van der Waals surface area contributed by atoms with Crippen molar-refractivity contribution in [2.24, 2.45) is 11.8 Å². The zero-order valence-corrected chi connectivity index (χ0v) is 6.47. The van der Waals surface area contributed by atoms with Crippen molar-refractivity contribution in [2.45, 2.75) is 25.7 Å². The van der Waals surface area contributed by atoms with Crippen LogP contribution < -0.4 is 0 Å². The second-order valence-corrected chi connectivity index (χ2v) is 2.91. The van der Waals surface area contributed by atoms with Crippen molar-refractivity contribution in [3.8, 4) is 0 Å². The molecule has 2 saturated carbocycles. The first kappa shape index (κ1) is 9.48. The van der Waals surface area contributed by atoms with E-state index in [-0.39, 0.29) is 22.5 Å². The van der Waals surface area contributed by atoms with Crippen molar-refractivity contribution in [3.05, 3.63) is 6.42 Å². The molecule has 0 saturated heterocycles. The zero-order chi connectivity index (χ0) is 4.69. The molecule has 2 rings (SSSR count). The first-order valence-electron chi connectivity index (χ1n) is 3.28. The van der Waals surface area contributed by atoms with E-state index in [2.05, 4.69) is 6.42 Å². The molecule has 1 radical (unpaired) electrons. The molecule has 2 heteroatoms. The Morgan fingerprint density at radius 1 is 1.22 bits per heavy atom. The Kier molecular flexibility index (Phi) is 3.79. The summed E-state index contributed by atoms with van der Waals surface area (Å²) < 4.78 is 0. The molecule has 0 heterocycles. The minimum Gasteiger partial charge on any atom is -0.870 e. The second kappa shape index (κ2) is 3.60. The largest absolute Gasteiger partial charge is 0.870 e. The standard InChI is InChI=1S/C7H11.Fe.H2O/c1-2-7-4-3-6(1)5-7;;/h1,6-7H,2-5H2;;1H2/p-1/t6-,7+;;/m0../s1. The molecule has 9 heavy (non-hydrogen) atoms. The van der Waals surface area contributed by atoms with Gasteiger partial charge in [-0.1, -0.05) is 6.42 Å². The van der Waals surface area contributed by atoms with Crippen LogP contribution in [0.25, 0.3) is 0 Å².